The molecule has 5 heteroatoms. The quantitative estimate of drug-likeness (QED) is 0.521. The van der Waals surface area contributed by atoms with Crippen LogP contribution < -0.4 is 5.32 Å². The molecule has 1 aromatic carbocycles. The zero-order valence-corrected chi connectivity index (χ0v) is 11.2. The van der Waals surface area contributed by atoms with Crippen molar-refractivity contribution in [1.29, 1.82) is 0 Å². The smallest absolute Gasteiger partial charge is 0.269 e. The molecular weight excluding hydrogens is 256 g/mol. The highest BCUT2D eigenvalue weighted by atomic mass is 16.6. The molecule has 1 amide bonds. The lowest BCUT2D eigenvalue weighted by molar-refractivity contribution is -0.384. The number of amides is 1. The van der Waals surface area contributed by atoms with Gasteiger partial charge in [-0.15, -0.1) is 0 Å². The lowest BCUT2D eigenvalue weighted by Crippen LogP contribution is -2.34. The van der Waals surface area contributed by atoms with Gasteiger partial charge in [0.15, 0.2) is 0 Å². The summed E-state index contributed by atoms with van der Waals surface area (Å²) >= 11 is 0. The van der Waals surface area contributed by atoms with Crippen LogP contribution in [0.5, 0.6) is 0 Å². The number of non-ortho nitro benzene ring substituents is 1. The van der Waals surface area contributed by atoms with Crippen LogP contribution in [0.15, 0.2) is 30.3 Å². The second kappa shape index (κ2) is 6.84. The summed E-state index contributed by atoms with van der Waals surface area (Å²) in [6.45, 7) is 0. The highest BCUT2D eigenvalue weighted by molar-refractivity contribution is 5.91. The van der Waals surface area contributed by atoms with Crippen LogP contribution in [0.4, 0.5) is 5.69 Å². The molecule has 106 valence electrons. The monoisotopic (exact) mass is 274 g/mol. The van der Waals surface area contributed by atoms with Gasteiger partial charge in [0.05, 0.1) is 4.92 Å². The third kappa shape index (κ3) is 4.19. The molecule has 1 aromatic rings. The van der Waals surface area contributed by atoms with Crippen LogP contribution in [0.2, 0.25) is 0 Å². The first kappa shape index (κ1) is 14.2. The first-order valence-electron chi connectivity index (χ1n) is 6.88. The van der Waals surface area contributed by atoms with Crippen LogP contribution >= 0.6 is 0 Å². The van der Waals surface area contributed by atoms with Crippen molar-refractivity contribution in [3.8, 4) is 0 Å². The van der Waals surface area contributed by atoms with E-state index in [0.717, 1.165) is 18.4 Å². The lowest BCUT2D eigenvalue weighted by Gasteiger charge is -2.21. The number of hydrogen-bond donors (Lipinski definition) is 1. The molecule has 2 rings (SSSR count). The Bertz CT molecular complexity index is 502. The van der Waals surface area contributed by atoms with Gasteiger partial charge in [-0.25, -0.2) is 0 Å². The highest BCUT2D eigenvalue weighted by Crippen LogP contribution is 2.17. The fourth-order valence-corrected chi connectivity index (χ4v) is 2.38. The molecule has 0 unspecified atom stereocenters. The third-order valence-corrected chi connectivity index (χ3v) is 3.48. The van der Waals surface area contributed by atoms with Gasteiger partial charge in [-0.3, -0.25) is 14.9 Å². The van der Waals surface area contributed by atoms with Crippen molar-refractivity contribution in [3.63, 3.8) is 0 Å². The summed E-state index contributed by atoms with van der Waals surface area (Å²) in [4.78, 5) is 21.8. The Labute approximate surface area is 117 Å². The minimum absolute atomic E-state index is 0.0498. The summed E-state index contributed by atoms with van der Waals surface area (Å²) in [6.07, 6.45) is 8.87. The summed E-state index contributed by atoms with van der Waals surface area (Å²) in [7, 11) is 0. The van der Waals surface area contributed by atoms with E-state index in [2.05, 4.69) is 5.32 Å². The lowest BCUT2D eigenvalue weighted by atomic mass is 9.95. The first-order chi connectivity index (χ1) is 9.65. The van der Waals surface area contributed by atoms with Gasteiger partial charge in [-0.2, -0.15) is 0 Å². The molecule has 1 fully saturated rings. The second-order valence-electron chi connectivity index (χ2n) is 5.03. The molecule has 0 spiro atoms. The molecule has 0 saturated heterocycles. The summed E-state index contributed by atoms with van der Waals surface area (Å²) in [5, 5.41) is 13.5. The molecule has 0 atom stereocenters. The van der Waals surface area contributed by atoms with Crippen LogP contribution in [-0.4, -0.2) is 16.9 Å². The molecule has 0 radical (unpaired) electrons. The number of nitro groups is 1. The van der Waals surface area contributed by atoms with Crippen molar-refractivity contribution in [2.24, 2.45) is 0 Å². The fraction of sp³-hybridized carbons (Fsp3) is 0.400. The number of benzene rings is 1. The van der Waals surface area contributed by atoms with E-state index >= 15 is 0 Å². The average Bonchev–Trinajstić information content (AvgIpc) is 2.46. The Hall–Kier alpha value is -2.17. The van der Waals surface area contributed by atoms with Gasteiger partial charge in [0.1, 0.15) is 0 Å². The molecule has 0 aliphatic heterocycles. The van der Waals surface area contributed by atoms with Gasteiger partial charge in [0.25, 0.3) is 5.69 Å². The maximum Gasteiger partial charge on any atom is 0.269 e. The molecule has 1 N–H and O–H groups in total. The van der Waals surface area contributed by atoms with Crippen molar-refractivity contribution in [2.75, 3.05) is 0 Å². The van der Waals surface area contributed by atoms with Crippen molar-refractivity contribution >= 4 is 17.7 Å². The Morgan fingerprint density at radius 1 is 1.20 bits per heavy atom. The predicted octanol–water partition coefficient (Wildman–Crippen LogP) is 3.06. The Morgan fingerprint density at radius 3 is 2.45 bits per heavy atom. The Morgan fingerprint density at radius 2 is 1.85 bits per heavy atom. The number of nitrogens with zero attached hydrogens (tertiary/aromatic N) is 1. The molecule has 1 aliphatic carbocycles. The van der Waals surface area contributed by atoms with Crippen molar-refractivity contribution < 1.29 is 9.72 Å². The minimum Gasteiger partial charge on any atom is -0.350 e. The first-order valence-corrected chi connectivity index (χ1v) is 6.88. The normalized spacial score (nSPS) is 16.2. The zero-order chi connectivity index (χ0) is 14.4. The molecule has 0 heterocycles. The summed E-state index contributed by atoms with van der Waals surface area (Å²) in [5.74, 6) is -0.102. The van der Waals surface area contributed by atoms with E-state index in [1.807, 2.05) is 0 Å². The van der Waals surface area contributed by atoms with E-state index in [9.17, 15) is 14.9 Å². The number of nitrogens with one attached hydrogen (secondary N) is 1. The largest absolute Gasteiger partial charge is 0.350 e. The second-order valence-corrected chi connectivity index (χ2v) is 5.03. The minimum atomic E-state index is -0.441. The zero-order valence-electron chi connectivity index (χ0n) is 11.2. The topological polar surface area (TPSA) is 72.2 Å². The van der Waals surface area contributed by atoms with E-state index < -0.39 is 4.92 Å². The van der Waals surface area contributed by atoms with Crippen LogP contribution in [0.3, 0.4) is 0 Å². The fourth-order valence-electron chi connectivity index (χ4n) is 2.38. The average molecular weight is 274 g/mol. The molecular formula is C15H18N2O3. The summed E-state index contributed by atoms with van der Waals surface area (Å²) < 4.78 is 0. The number of carbonyl (C=O) groups excluding carboxylic acids is 1. The number of rotatable bonds is 4. The molecule has 1 aliphatic rings. The predicted molar refractivity (Wildman–Crippen MR) is 77.1 cm³/mol. The third-order valence-electron chi connectivity index (χ3n) is 3.48. The van der Waals surface area contributed by atoms with Gasteiger partial charge < -0.3 is 5.32 Å². The van der Waals surface area contributed by atoms with E-state index in [1.165, 1.54) is 37.5 Å². The van der Waals surface area contributed by atoms with E-state index in [0.29, 0.717) is 0 Å². The van der Waals surface area contributed by atoms with Crippen LogP contribution in [-0.2, 0) is 4.79 Å². The molecule has 0 aromatic heterocycles. The highest BCUT2D eigenvalue weighted by Gasteiger charge is 2.14. The summed E-state index contributed by atoms with van der Waals surface area (Å²) in [6, 6.07) is 6.40. The van der Waals surface area contributed by atoms with Gasteiger partial charge >= 0.3 is 0 Å². The van der Waals surface area contributed by atoms with Gasteiger partial charge in [0.2, 0.25) is 5.91 Å². The number of nitro benzene ring substituents is 1. The number of hydrogen-bond acceptors (Lipinski definition) is 3. The maximum atomic E-state index is 11.8. The van der Waals surface area contributed by atoms with Crippen LogP contribution in [0, 0.1) is 10.1 Å². The molecule has 0 bridgehead atoms. The maximum absolute atomic E-state index is 11.8. The SMILES string of the molecule is O=C(C=Cc1ccc([N+](=O)[O-])cc1)NC1CCCCC1. The van der Waals surface area contributed by atoms with Gasteiger partial charge in [0, 0.05) is 24.3 Å². The van der Waals surface area contributed by atoms with Gasteiger partial charge in [-0.05, 0) is 36.6 Å². The molecule has 5 nitrogen and oxygen atoms in total. The van der Waals surface area contributed by atoms with Crippen LogP contribution in [0.1, 0.15) is 37.7 Å². The summed E-state index contributed by atoms with van der Waals surface area (Å²) in [5.41, 5.74) is 0.822. The van der Waals surface area contributed by atoms with E-state index in [-0.39, 0.29) is 17.6 Å². The van der Waals surface area contributed by atoms with Crippen LogP contribution in [0.25, 0.3) is 6.08 Å². The Balaban J connectivity index is 1.87. The molecule has 20 heavy (non-hydrogen) atoms. The number of carbonyl (C=O) groups is 1. The van der Waals surface area contributed by atoms with Crippen molar-refractivity contribution in [1.82, 2.24) is 5.32 Å². The van der Waals surface area contributed by atoms with E-state index in [4.69, 9.17) is 0 Å². The van der Waals surface area contributed by atoms with Crippen molar-refractivity contribution in [2.45, 2.75) is 38.1 Å². The van der Waals surface area contributed by atoms with Crippen molar-refractivity contribution in [3.05, 3.63) is 46.0 Å². The Kier molecular flexibility index (Phi) is 4.87. The molecule has 1 saturated carbocycles. The van der Waals surface area contributed by atoms with E-state index in [1.54, 1.807) is 18.2 Å². The van der Waals surface area contributed by atoms with Gasteiger partial charge in [-0.1, -0.05) is 19.3 Å². The standard InChI is InChI=1S/C15H18N2O3/c18-15(16-13-4-2-1-3-5-13)11-8-12-6-9-14(10-7-12)17(19)20/h6-11,13H,1-5H2,(H,16,18).